The molecule has 0 radical (unpaired) electrons. The second-order valence-electron chi connectivity index (χ2n) is 4.27. The molecule has 102 valence electrons. The van der Waals surface area contributed by atoms with Crippen LogP contribution in [0.15, 0.2) is 12.2 Å². The van der Waals surface area contributed by atoms with Gasteiger partial charge in [-0.2, -0.15) is 0 Å². The van der Waals surface area contributed by atoms with Gasteiger partial charge in [0.05, 0.1) is 25.0 Å². The predicted molar refractivity (Wildman–Crippen MR) is 63.7 cm³/mol. The van der Waals surface area contributed by atoms with Crippen LogP contribution in [0.5, 0.6) is 0 Å². The standard InChI is InChI=1S/C12H19NO5/c14-7-5-13(6-8-15)11(16)9-3-1-2-4-10(9)12(17)18/h1-2,9-10,14-15H,3-8H2,(H,17,18). The van der Waals surface area contributed by atoms with Crippen LogP contribution in [0.1, 0.15) is 12.8 Å². The Balaban J connectivity index is 2.78. The summed E-state index contributed by atoms with van der Waals surface area (Å²) in [5.41, 5.74) is 0. The third-order valence-corrected chi connectivity index (χ3v) is 3.12. The molecule has 0 bridgehead atoms. The monoisotopic (exact) mass is 257 g/mol. The molecule has 1 aliphatic carbocycles. The number of carboxylic acid groups (broad SMARTS) is 1. The molecule has 0 aliphatic heterocycles. The summed E-state index contributed by atoms with van der Waals surface area (Å²) >= 11 is 0. The summed E-state index contributed by atoms with van der Waals surface area (Å²) in [4.78, 5) is 24.6. The van der Waals surface area contributed by atoms with E-state index in [0.717, 1.165) is 0 Å². The summed E-state index contributed by atoms with van der Waals surface area (Å²) in [5.74, 6) is -2.62. The number of carboxylic acids is 1. The maximum absolute atomic E-state index is 12.2. The third kappa shape index (κ3) is 3.54. The highest BCUT2D eigenvalue weighted by molar-refractivity contribution is 5.85. The Morgan fingerprint density at radius 1 is 1.06 bits per heavy atom. The molecule has 6 heteroatoms. The van der Waals surface area contributed by atoms with Crippen LogP contribution >= 0.6 is 0 Å². The number of aliphatic hydroxyl groups excluding tert-OH is 2. The third-order valence-electron chi connectivity index (χ3n) is 3.12. The molecule has 0 aromatic heterocycles. The van der Waals surface area contributed by atoms with Crippen LogP contribution in [0.2, 0.25) is 0 Å². The van der Waals surface area contributed by atoms with Crippen molar-refractivity contribution < 1.29 is 24.9 Å². The molecule has 2 unspecified atom stereocenters. The normalized spacial score (nSPS) is 22.8. The molecule has 2 atom stereocenters. The maximum Gasteiger partial charge on any atom is 0.307 e. The van der Waals surface area contributed by atoms with Crippen molar-refractivity contribution in [2.75, 3.05) is 26.3 Å². The molecule has 3 N–H and O–H groups in total. The van der Waals surface area contributed by atoms with E-state index in [9.17, 15) is 9.59 Å². The number of hydrogen-bond acceptors (Lipinski definition) is 4. The van der Waals surface area contributed by atoms with E-state index in [1.807, 2.05) is 0 Å². The molecule has 0 aromatic rings. The van der Waals surface area contributed by atoms with E-state index in [2.05, 4.69) is 0 Å². The zero-order chi connectivity index (χ0) is 13.5. The lowest BCUT2D eigenvalue weighted by Crippen LogP contribution is -2.44. The molecule has 1 aliphatic rings. The van der Waals surface area contributed by atoms with Gasteiger partial charge >= 0.3 is 5.97 Å². The zero-order valence-electron chi connectivity index (χ0n) is 10.2. The molecule has 1 rings (SSSR count). The lowest BCUT2D eigenvalue weighted by molar-refractivity contribution is -0.151. The number of amides is 1. The number of hydrogen-bond donors (Lipinski definition) is 3. The fourth-order valence-corrected chi connectivity index (χ4v) is 2.17. The zero-order valence-corrected chi connectivity index (χ0v) is 10.2. The first kappa shape index (κ1) is 14.7. The highest BCUT2D eigenvalue weighted by Crippen LogP contribution is 2.27. The van der Waals surface area contributed by atoms with Gasteiger partial charge in [-0.3, -0.25) is 9.59 Å². The van der Waals surface area contributed by atoms with Crippen LogP contribution in [0.4, 0.5) is 0 Å². The number of rotatable bonds is 6. The number of nitrogens with zero attached hydrogens (tertiary/aromatic N) is 1. The Bertz CT molecular complexity index is 322. The van der Waals surface area contributed by atoms with E-state index < -0.39 is 17.8 Å². The van der Waals surface area contributed by atoms with Gasteiger partial charge in [-0.25, -0.2) is 0 Å². The minimum absolute atomic E-state index is 0.117. The average Bonchev–Trinajstić information content (AvgIpc) is 2.37. The molecule has 0 fully saturated rings. The van der Waals surface area contributed by atoms with Gasteiger partial charge in [0.1, 0.15) is 0 Å². The molecule has 0 heterocycles. The van der Waals surface area contributed by atoms with Gasteiger partial charge in [0, 0.05) is 13.1 Å². The number of carbonyl (C=O) groups excluding carboxylic acids is 1. The highest BCUT2D eigenvalue weighted by atomic mass is 16.4. The summed E-state index contributed by atoms with van der Waals surface area (Å²) in [6, 6.07) is 0. The smallest absolute Gasteiger partial charge is 0.307 e. The largest absolute Gasteiger partial charge is 0.481 e. The van der Waals surface area contributed by atoms with Crippen molar-refractivity contribution in [1.29, 1.82) is 0 Å². The van der Waals surface area contributed by atoms with Crippen molar-refractivity contribution >= 4 is 11.9 Å². The van der Waals surface area contributed by atoms with Crippen LogP contribution in [-0.4, -0.2) is 58.4 Å². The van der Waals surface area contributed by atoms with Crippen molar-refractivity contribution in [3.63, 3.8) is 0 Å². The van der Waals surface area contributed by atoms with Gasteiger partial charge < -0.3 is 20.2 Å². The van der Waals surface area contributed by atoms with E-state index in [0.29, 0.717) is 12.8 Å². The number of aliphatic carboxylic acids is 1. The fraction of sp³-hybridized carbons (Fsp3) is 0.667. The van der Waals surface area contributed by atoms with E-state index >= 15 is 0 Å². The Hall–Kier alpha value is -1.40. The quantitative estimate of drug-likeness (QED) is 0.555. The SMILES string of the molecule is O=C(O)C1CC=CCC1C(=O)N(CCO)CCO. The van der Waals surface area contributed by atoms with Crippen molar-refractivity contribution in [3.8, 4) is 0 Å². The minimum Gasteiger partial charge on any atom is -0.481 e. The van der Waals surface area contributed by atoms with Gasteiger partial charge in [-0.05, 0) is 12.8 Å². The first-order valence-electron chi connectivity index (χ1n) is 6.00. The lowest BCUT2D eigenvalue weighted by Gasteiger charge is -2.30. The first-order chi connectivity index (χ1) is 8.61. The van der Waals surface area contributed by atoms with Crippen LogP contribution in [0, 0.1) is 11.8 Å². The van der Waals surface area contributed by atoms with Crippen molar-refractivity contribution in [2.45, 2.75) is 12.8 Å². The number of carbonyl (C=O) groups is 2. The van der Waals surface area contributed by atoms with Crippen molar-refractivity contribution in [2.24, 2.45) is 11.8 Å². The molecular weight excluding hydrogens is 238 g/mol. The highest BCUT2D eigenvalue weighted by Gasteiger charge is 2.35. The molecule has 0 spiro atoms. The van der Waals surface area contributed by atoms with Crippen molar-refractivity contribution in [3.05, 3.63) is 12.2 Å². The fourth-order valence-electron chi connectivity index (χ4n) is 2.17. The Morgan fingerprint density at radius 3 is 2.00 bits per heavy atom. The summed E-state index contributed by atoms with van der Waals surface area (Å²) in [6.07, 6.45) is 4.31. The Kier molecular flexibility index (Phi) is 5.80. The van der Waals surface area contributed by atoms with Gasteiger partial charge in [0.25, 0.3) is 0 Å². The number of allylic oxidation sites excluding steroid dienone is 2. The van der Waals surface area contributed by atoms with Gasteiger partial charge in [-0.1, -0.05) is 12.2 Å². The molecule has 0 saturated carbocycles. The second kappa shape index (κ2) is 7.13. The van der Waals surface area contributed by atoms with Gasteiger partial charge in [-0.15, -0.1) is 0 Å². The molecule has 0 saturated heterocycles. The van der Waals surface area contributed by atoms with E-state index in [1.165, 1.54) is 4.90 Å². The minimum atomic E-state index is -0.981. The van der Waals surface area contributed by atoms with E-state index in [-0.39, 0.29) is 32.2 Å². The topological polar surface area (TPSA) is 98.1 Å². The summed E-state index contributed by atoms with van der Waals surface area (Å²) in [5, 5.41) is 26.9. The summed E-state index contributed by atoms with van der Waals surface area (Å²) in [7, 11) is 0. The molecule has 18 heavy (non-hydrogen) atoms. The predicted octanol–water partition coefficient (Wildman–Crippen LogP) is -0.533. The van der Waals surface area contributed by atoms with Crippen LogP contribution in [0.3, 0.4) is 0 Å². The Morgan fingerprint density at radius 2 is 1.56 bits per heavy atom. The van der Waals surface area contributed by atoms with E-state index in [1.54, 1.807) is 12.2 Å². The van der Waals surface area contributed by atoms with Crippen molar-refractivity contribution in [1.82, 2.24) is 4.90 Å². The van der Waals surface area contributed by atoms with Crippen LogP contribution in [0.25, 0.3) is 0 Å². The molecular formula is C12H19NO5. The van der Waals surface area contributed by atoms with Gasteiger partial charge in [0.15, 0.2) is 0 Å². The second-order valence-corrected chi connectivity index (χ2v) is 4.27. The van der Waals surface area contributed by atoms with Gasteiger partial charge in [0.2, 0.25) is 5.91 Å². The lowest BCUT2D eigenvalue weighted by atomic mass is 9.82. The number of aliphatic hydroxyl groups is 2. The van der Waals surface area contributed by atoms with Crippen LogP contribution < -0.4 is 0 Å². The Labute approximate surface area is 106 Å². The molecule has 0 aromatic carbocycles. The summed E-state index contributed by atoms with van der Waals surface area (Å²) in [6.45, 7) is -0.171. The molecule has 6 nitrogen and oxygen atoms in total. The average molecular weight is 257 g/mol. The first-order valence-corrected chi connectivity index (χ1v) is 6.00. The maximum atomic E-state index is 12.2. The van der Waals surface area contributed by atoms with E-state index in [4.69, 9.17) is 15.3 Å². The molecule has 1 amide bonds. The summed E-state index contributed by atoms with van der Waals surface area (Å²) < 4.78 is 0. The van der Waals surface area contributed by atoms with Crippen LogP contribution in [-0.2, 0) is 9.59 Å².